The normalized spacial score (nSPS) is 40.8. The molecular weight excluding hydrogens is 464 g/mol. The first-order chi connectivity index (χ1) is 7.61. The van der Waals surface area contributed by atoms with Gasteiger partial charge in [0.2, 0.25) is 0 Å². The molecular formula is C12H18Br4. The van der Waals surface area contributed by atoms with Crippen LogP contribution < -0.4 is 0 Å². The number of alkyl halides is 4. The minimum atomic E-state index is 0.583. The van der Waals surface area contributed by atoms with Crippen LogP contribution in [0, 0.1) is 0 Å². The van der Waals surface area contributed by atoms with Gasteiger partial charge in [-0.15, -0.1) is 0 Å². The van der Waals surface area contributed by atoms with Crippen molar-refractivity contribution < 1.29 is 0 Å². The zero-order valence-electron chi connectivity index (χ0n) is 9.22. The molecule has 0 N–H and O–H groups in total. The lowest BCUT2D eigenvalue weighted by Crippen LogP contribution is -2.19. The van der Waals surface area contributed by atoms with E-state index in [1.807, 2.05) is 0 Å². The van der Waals surface area contributed by atoms with Gasteiger partial charge in [-0.2, -0.15) is 0 Å². The summed E-state index contributed by atoms with van der Waals surface area (Å²) in [4.78, 5) is 2.34. The van der Waals surface area contributed by atoms with E-state index in [2.05, 4.69) is 75.9 Å². The van der Waals surface area contributed by atoms with Crippen molar-refractivity contribution in [2.75, 3.05) is 0 Å². The summed E-state index contributed by atoms with van der Waals surface area (Å²) >= 11 is 15.1. The zero-order valence-corrected chi connectivity index (χ0v) is 15.6. The number of hydrogen-bond donors (Lipinski definition) is 0. The Morgan fingerprint density at radius 2 is 0.875 bits per heavy atom. The lowest BCUT2D eigenvalue weighted by atomic mass is 10.0. The maximum Gasteiger partial charge on any atom is 0.0274 e. The average molecular weight is 482 g/mol. The predicted octanol–water partition coefficient (Wildman–Crippen LogP) is 5.95. The van der Waals surface area contributed by atoms with Gasteiger partial charge in [0, 0.05) is 19.3 Å². The third-order valence-electron chi connectivity index (χ3n) is 2.89. The van der Waals surface area contributed by atoms with Crippen LogP contribution in [0.25, 0.3) is 0 Å². The molecule has 1 aliphatic rings. The van der Waals surface area contributed by atoms with Gasteiger partial charge in [-0.25, -0.2) is 0 Å². The molecule has 4 unspecified atom stereocenters. The lowest BCUT2D eigenvalue weighted by Gasteiger charge is -2.21. The van der Waals surface area contributed by atoms with Gasteiger partial charge in [-0.05, 0) is 38.5 Å². The molecule has 0 saturated carbocycles. The smallest absolute Gasteiger partial charge is 0.0274 e. The molecule has 0 aromatic heterocycles. The van der Waals surface area contributed by atoms with E-state index in [0.29, 0.717) is 19.3 Å². The Kier molecular flexibility index (Phi) is 8.55. The molecule has 0 aromatic carbocycles. The van der Waals surface area contributed by atoms with Gasteiger partial charge in [0.15, 0.2) is 0 Å². The van der Waals surface area contributed by atoms with Gasteiger partial charge in [-0.3, -0.25) is 0 Å². The van der Waals surface area contributed by atoms with E-state index < -0.39 is 0 Å². The standard InChI is InChI=1S/C12H18Br4/c13-9-5-3-1-2-4-6-10(14)12(16)8-7-11(9)15/h1-2,9-12H,3-8H2/b2-1+. The molecule has 1 aliphatic carbocycles. The first kappa shape index (κ1) is 15.7. The fraction of sp³-hybridized carbons (Fsp3) is 0.833. The summed E-state index contributed by atoms with van der Waals surface area (Å²) in [5, 5.41) is 0. The zero-order chi connectivity index (χ0) is 12.0. The van der Waals surface area contributed by atoms with Gasteiger partial charge in [-0.1, -0.05) is 75.9 Å². The summed E-state index contributed by atoms with van der Waals surface area (Å²) < 4.78 is 0. The van der Waals surface area contributed by atoms with Crippen molar-refractivity contribution in [1.29, 1.82) is 0 Å². The summed E-state index contributed by atoms with van der Waals surface area (Å²) in [5.74, 6) is 0. The van der Waals surface area contributed by atoms with Crippen molar-refractivity contribution in [2.24, 2.45) is 0 Å². The highest BCUT2D eigenvalue weighted by Gasteiger charge is 2.20. The number of rotatable bonds is 0. The number of hydrogen-bond acceptors (Lipinski definition) is 0. The van der Waals surface area contributed by atoms with E-state index in [1.165, 1.54) is 38.5 Å². The summed E-state index contributed by atoms with van der Waals surface area (Å²) in [6.07, 6.45) is 11.9. The second-order valence-corrected chi connectivity index (χ2v) is 8.97. The van der Waals surface area contributed by atoms with Gasteiger partial charge in [0.25, 0.3) is 0 Å². The Morgan fingerprint density at radius 1 is 0.562 bits per heavy atom. The Bertz CT molecular complexity index is 195. The van der Waals surface area contributed by atoms with Crippen LogP contribution in [-0.2, 0) is 0 Å². The Morgan fingerprint density at radius 3 is 1.25 bits per heavy atom. The summed E-state index contributed by atoms with van der Waals surface area (Å²) in [6, 6.07) is 0. The molecule has 0 aromatic rings. The fourth-order valence-corrected chi connectivity index (χ4v) is 3.90. The molecule has 0 heterocycles. The highest BCUT2D eigenvalue weighted by molar-refractivity contribution is 9.12. The Hall–Kier alpha value is 1.66. The molecule has 0 amide bonds. The summed E-state index contributed by atoms with van der Waals surface area (Å²) in [6.45, 7) is 0. The molecule has 1 rings (SSSR count). The molecule has 94 valence electrons. The van der Waals surface area contributed by atoms with Crippen LogP contribution in [0.3, 0.4) is 0 Å². The van der Waals surface area contributed by atoms with Crippen LogP contribution in [0.1, 0.15) is 38.5 Å². The van der Waals surface area contributed by atoms with E-state index in [1.54, 1.807) is 0 Å². The highest BCUT2D eigenvalue weighted by atomic mass is 79.9. The van der Waals surface area contributed by atoms with Crippen molar-refractivity contribution in [3.05, 3.63) is 12.2 Å². The van der Waals surface area contributed by atoms with E-state index in [9.17, 15) is 0 Å². The quantitative estimate of drug-likeness (QED) is 0.296. The van der Waals surface area contributed by atoms with Gasteiger partial charge >= 0.3 is 0 Å². The van der Waals surface area contributed by atoms with Crippen molar-refractivity contribution in [3.8, 4) is 0 Å². The highest BCUT2D eigenvalue weighted by Crippen LogP contribution is 2.29. The van der Waals surface area contributed by atoms with Gasteiger partial charge in [0.1, 0.15) is 0 Å². The summed E-state index contributed by atoms with van der Waals surface area (Å²) in [5.41, 5.74) is 0. The first-order valence-electron chi connectivity index (χ1n) is 5.82. The molecule has 0 bridgehead atoms. The van der Waals surface area contributed by atoms with Crippen LogP contribution in [-0.4, -0.2) is 19.3 Å². The Balaban J connectivity index is 2.52. The van der Waals surface area contributed by atoms with E-state index in [0.717, 1.165) is 0 Å². The fourth-order valence-electron chi connectivity index (χ4n) is 1.79. The monoisotopic (exact) mass is 478 g/mol. The molecule has 16 heavy (non-hydrogen) atoms. The van der Waals surface area contributed by atoms with E-state index >= 15 is 0 Å². The van der Waals surface area contributed by atoms with Crippen molar-refractivity contribution >= 4 is 63.7 Å². The van der Waals surface area contributed by atoms with Gasteiger partial charge in [0.05, 0.1) is 0 Å². The third kappa shape index (κ3) is 6.01. The van der Waals surface area contributed by atoms with Crippen LogP contribution >= 0.6 is 63.7 Å². The molecule has 0 radical (unpaired) electrons. The second-order valence-electron chi connectivity index (χ2n) is 4.27. The average Bonchev–Trinajstić information content (AvgIpc) is 2.27. The SMILES string of the molecule is BrC1CC/C=C/CCC(Br)C(Br)CCC1Br. The maximum atomic E-state index is 3.78. The first-order valence-corrected chi connectivity index (χ1v) is 9.49. The van der Waals surface area contributed by atoms with Gasteiger partial charge < -0.3 is 0 Å². The minimum Gasteiger partial charge on any atom is -0.0885 e. The van der Waals surface area contributed by atoms with Crippen LogP contribution in [0.4, 0.5) is 0 Å². The second kappa shape index (κ2) is 8.71. The van der Waals surface area contributed by atoms with Crippen LogP contribution in [0.5, 0.6) is 0 Å². The van der Waals surface area contributed by atoms with E-state index in [4.69, 9.17) is 0 Å². The molecule has 0 fully saturated rings. The molecule has 4 heteroatoms. The van der Waals surface area contributed by atoms with Crippen LogP contribution in [0.15, 0.2) is 12.2 Å². The summed E-state index contributed by atoms with van der Waals surface area (Å²) in [7, 11) is 0. The number of halogens is 4. The topological polar surface area (TPSA) is 0 Å². The third-order valence-corrected chi connectivity index (χ3v) is 8.69. The molecule has 4 atom stereocenters. The molecule has 0 spiro atoms. The number of allylic oxidation sites excluding steroid dienone is 2. The largest absolute Gasteiger partial charge is 0.0885 e. The van der Waals surface area contributed by atoms with Crippen molar-refractivity contribution in [2.45, 2.75) is 57.8 Å². The predicted molar refractivity (Wildman–Crippen MR) is 87.7 cm³/mol. The van der Waals surface area contributed by atoms with E-state index in [-0.39, 0.29) is 0 Å². The minimum absolute atomic E-state index is 0.583. The molecule has 0 nitrogen and oxygen atoms in total. The lowest BCUT2D eigenvalue weighted by molar-refractivity contribution is 0.617. The van der Waals surface area contributed by atoms with Crippen molar-refractivity contribution in [1.82, 2.24) is 0 Å². The van der Waals surface area contributed by atoms with Crippen LogP contribution in [0.2, 0.25) is 0 Å². The molecule has 0 saturated heterocycles. The van der Waals surface area contributed by atoms with Crippen molar-refractivity contribution in [3.63, 3.8) is 0 Å². The molecule has 0 aliphatic heterocycles. The maximum absolute atomic E-state index is 3.78. The Labute approximate surface area is 133 Å².